The fraction of sp³-hybridized carbons (Fsp3) is 0.462. The van der Waals surface area contributed by atoms with Gasteiger partial charge in [0.15, 0.2) is 5.65 Å². The van der Waals surface area contributed by atoms with Gasteiger partial charge in [-0.15, -0.1) is 5.10 Å². The molecule has 10 nitrogen and oxygen atoms in total. The van der Waals surface area contributed by atoms with Crippen molar-refractivity contribution in [1.82, 2.24) is 24.8 Å². The van der Waals surface area contributed by atoms with Gasteiger partial charge in [-0.1, -0.05) is 18.2 Å². The molecule has 2 aromatic heterocycles. The largest absolute Gasteiger partial charge is 0.366 e. The summed E-state index contributed by atoms with van der Waals surface area (Å²) in [4.78, 5) is 31.5. The van der Waals surface area contributed by atoms with Crippen LogP contribution in [0.2, 0.25) is 0 Å². The summed E-state index contributed by atoms with van der Waals surface area (Å²) in [6.45, 7) is 1.33. The zero-order valence-corrected chi connectivity index (χ0v) is 20.4. The number of nitrogens with zero attached hydrogens (tertiary/aromatic N) is 4. The maximum atomic E-state index is 13.0. The van der Waals surface area contributed by atoms with Crippen molar-refractivity contribution in [2.75, 3.05) is 23.7 Å². The van der Waals surface area contributed by atoms with E-state index in [0.717, 1.165) is 50.2 Å². The van der Waals surface area contributed by atoms with E-state index in [-0.39, 0.29) is 17.9 Å². The minimum atomic E-state index is -0.408. The van der Waals surface area contributed by atoms with Gasteiger partial charge in [-0.05, 0) is 44.2 Å². The highest BCUT2D eigenvalue weighted by Crippen LogP contribution is 2.24. The third-order valence-corrected chi connectivity index (χ3v) is 7.01. The van der Waals surface area contributed by atoms with Gasteiger partial charge in [-0.2, -0.15) is 0 Å². The molecule has 2 aliphatic rings. The van der Waals surface area contributed by atoms with Crippen LogP contribution >= 0.6 is 0 Å². The number of carbonyl (C=O) groups is 2. The molecule has 1 aliphatic carbocycles. The summed E-state index contributed by atoms with van der Waals surface area (Å²) in [5.41, 5.74) is 8.08. The number of amides is 2. The van der Waals surface area contributed by atoms with Crippen LogP contribution in [0.25, 0.3) is 5.65 Å². The first-order valence-electron chi connectivity index (χ1n) is 12.8. The first kappa shape index (κ1) is 24.1. The number of imidazole rings is 1. The van der Waals surface area contributed by atoms with Crippen molar-refractivity contribution in [3.8, 4) is 0 Å². The maximum Gasteiger partial charge on any atom is 0.252 e. The molecule has 1 saturated carbocycles. The van der Waals surface area contributed by atoms with Crippen LogP contribution in [0.4, 0.5) is 11.5 Å². The number of likely N-dealkylation sites (tertiary alicyclic amines) is 1. The Balaban J connectivity index is 1.35. The molecular formula is C26H34N8O2. The zero-order valence-electron chi connectivity index (χ0n) is 20.4. The Bertz CT molecular complexity index is 1190. The van der Waals surface area contributed by atoms with E-state index in [9.17, 15) is 9.59 Å². The molecule has 1 aliphatic heterocycles. The number of hydrogen-bond acceptors (Lipinski definition) is 7. The minimum absolute atomic E-state index is 0.168. The van der Waals surface area contributed by atoms with Crippen LogP contribution in [-0.4, -0.2) is 62.7 Å². The number of fused-ring (bicyclic) bond motifs is 1. The summed E-state index contributed by atoms with van der Waals surface area (Å²) in [5, 5.41) is 14.8. The molecule has 36 heavy (non-hydrogen) atoms. The lowest BCUT2D eigenvalue weighted by Crippen LogP contribution is -2.43. The van der Waals surface area contributed by atoms with Gasteiger partial charge in [0.05, 0.1) is 5.69 Å². The highest BCUT2D eigenvalue weighted by Gasteiger charge is 2.24. The van der Waals surface area contributed by atoms with Gasteiger partial charge in [0, 0.05) is 62.0 Å². The predicted octanol–water partition coefficient (Wildman–Crippen LogP) is 2.59. The van der Waals surface area contributed by atoms with E-state index in [1.807, 2.05) is 35.4 Å². The normalized spacial score (nSPS) is 20.9. The van der Waals surface area contributed by atoms with Crippen molar-refractivity contribution < 1.29 is 9.59 Å². The van der Waals surface area contributed by atoms with Crippen LogP contribution in [0.3, 0.4) is 0 Å². The van der Waals surface area contributed by atoms with Crippen LogP contribution in [0.15, 0.2) is 48.8 Å². The number of benzene rings is 1. The summed E-state index contributed by atoms with van der Waals surface area (Å²) < 4.78 is 1.74. The fourth-order valence-electron chi connectivity index (χ4n) is 4.99. The van der Waals surface area contributed by atoms with Crippen molar-refractivity contribution in [1.29, 1.82) is 0 Å². The van der Waals surface area contributed by atoms with E-state index in [0.29, 0.717) is 36.6 Å². The molecule has 2 fully saturated rings. The number of nitrogens with two attached hydrogens (primary N) is 1. The number of aromatic nitrogens is 3. The number of carbonyl (C=O) groups excluding carboxylic acids is 2. The average Bonchev–Trinajstić information content (AvgIpc) is 3.53. The Morgan fingerprint density at radius 3 is 2.72 bits per heavy atom. The second kappa shape index (κ2) is 10.9. The Kier molecular flexibility index (Phi) is 7.31. The maximum absolute atomic E-state index is 13.0. The summed E-state index contributed by atoms with van der Waals surface area (Å²) in [7, 11) is 0. The van der Waals surface area contributed by atoms with Gasteiger partial charge in [0.2, 0.25) is 5.91 Å². The van der Waals surface area contributed by atoms with Crippen molar-refractivity contribution in [3.63, 3.8) is 0 Å². The molecule has 0 radical (unpaired) electrons. The van der Waals surface area contributed by atoms with Crippen molar-refractivity contribution >= 4 is 29.0 Å². The van der Waals surface area contributed by atoms with Crippen molar-refractivity contribution in [2.24, 2.45) is 5.73 Å². The lowest BCUT2D eigenvalue weighted by Gasteiger charge is -2.28. The number of rotatable bonds is 9. The standard InChI is InChI=1S/C26H34N8O2/c27-19-8-10-20(11-9-19)29-23-17-21(25-28-13-16-34(25)32-23)30-22(12-15-33-14-4-7-24(33)35)31-26(36)18-5-2-1-3-6-18/h1-3,5-6,13,16-17,19-20,22,30H,4,7-12,14-15,27H2,(H,29,32)(H,31,36). The molecule has 1 unspecified atom stereocenters. The van der Waals surface area contributed by atoms with Crippen molar-refractivity contribution in [2.45, 2.75) is 63.2 Å². The fourth-order valence-corrected chi connectivity index (χ4v) is 4.99. The molecule has 0 spiro atoms. The third-order valence-electron chi connectivity index (χ3n) is 7.01. The summed E-state index contributed by atoms with van der Waals surface area (Å²) >= 11 is 0. The Morgan fingerprint density at radius 2 is 1.97 bits per heavy atom. The van der Waals surface area contributed by atoms with E-state index >= 15 is 0 Å². The van der Waals surface area contributed by atoms with E-state index in [1.54, 1.807) is 22.8 Å². The molecule has 3 aromatic rings. The molecule has 10 heteroatoms. The molecule has 5 rings (SSSR count). The van der Waals surface area contributed by atoms with Gasteiger partial charge < -0.3 is 26.6 Å². The molecule has 2 amide bonds. The Hall–Kier alpha value is -3.66. The Morgan fingerprint density at radius 1 is 1.17 bits per heavy atom. The zero-order chi connectivity index (χ0) is 24.9. The van der Waals surface area contributed by atoms with Crippen LogP contribution in [0.1, 0.15) is 55.3 Å². The molecule has 5 N–H and O–H groups in total. The van der Waals surface area contributed by atoms with Gasteiger partial charge in [-0.25, -0.2) is 9.50 Å². The van der Waals surface area contributed by atoms with Crippen LogP contribution in [0.5, 0.6) is 0 Å². The first-order chi connectivity index (χ1) is 17.5. The van der Waals surface area contributed by atoms with Gasteiger partial charge >= 0.3 is 0 Å². The average molecular weight is 491 g/mol. The second-order valence-electron chi connectivity index (χ2n) is 9.70. The van der Waals surface area contributed by atoms with Gasteiger partial charge in [0.25, 0.3) is 5.91 Å². The van der Waals surface area contributed by atoms with Gasteiger partial charge in [-0.3, -0.25) is 9.59 Å². The van der Waals surface area contributed by atoms with Crippen LogP contribution < -0.4 is 21.7 Å². The van der Waals surface area contributed by atoms with Crippen molar-refractivity contribution in [3.05, 3.63) is 54.4 Å². The molecule has 190 valence electrons. The summed E-state index contributed by atoms with van der Waals surface area (Å²) in [5.74, 6) is 0.735. The lowest BCUT2D eigenvalue weighted by atomic mass is 9.92. The smallest absolute Gasteiger partial charge is 0.252 e. The highest BCUT2D eigenvalue weighted by molar-refractivity contribution is 5.94. The Labute approximate surface area is 210 Å². The second-order valence-corrected chi connectivity index (χ2v) is 9.70. The molecule has 1 aromatic carbocycles. The predicted molar refractivity (Wildman–Crippen MR) is 139 cm³/mol. The monoisotopic (exact) mass is 490 g/mol. The molecular weight excluding hydrogens is 456 g/mol. The molecule has 1 atom stereocenters. The van der Waals surface area contributed by atoms with Crippen LogP contribution in [-0.2, 0) is 4.79 Å². The number of hydrogen-bond donors (Lipinski definition) is 4. The summed E-state index contributed by atoms with van der Waals surface area (Å²) in [6.07, 6.45) is 9.15. The van der Waals surface area contributed by atoms with E-state index in [4.69, 9.17) is 5.73 Å². The number of anilines is 2. The summed E-state index contributed by atoms with van der Waals surface area (Å²) in [6, 6.07) is 11.7. The first-order valence-corrected chi connectivity index (χ1v) is 12.8. The van der Waals surface area contributed by atoms with Gasteiger partial charge in [0.1, 0.15) is 12.0 Å². The highest BCUT2D eigenvalue weighted by atomic mass is 16.2. The van der Waals surface area contributed by atoms with E-state index in [1.165, 1.54) is 0 Å². The van der Waals surface area contributed by atoms with E-state index in [2.05, 4.69) is 26.0 Å². The quantitative estimate of drug-likeness (QED) is 0.339. The van der Waals surface area contributed by atoms with Crippen LogP contribution in [0, 0.1) is 0 Å². The molecule has 3 heterocycles. The molecule has 1 saturated heterocycles. The number of nitrogens with one attached hydrogen (secondary N) is 3. The third kappa shape index (κ3) is 5.76. The topological polar surface area (TPSA) is 130 Å². The SMILES string of the molecule is NC1CCC(Nc2cc(NC(CCN3CCCC3=O)NC(=O)c3ccccc3)c3nccn3n2)CC1. The minimum Gasteiger partial charge on any atom is -0.366 e. The van der Waals surface area contributed by atoms with E-state index < -0.39 is 6.17 Å². The lowest BCUT2D eigenvalue weighted by molar-refractivity contribution is -0.127. The molecule has 0 bridgehead atoms.